The van der Waals surface area contributed by atoms with Crippen molar-refractivity contribution >= 4 is 32.9 Å². The van der Waals surface area contributed by atoms with Gasteiger partial charge in [0.2, 0.25) is 0 Å². The summed E-state index contributed by atoms with van der Waals surface area (Å²) in [6.07, 6.45) is 0.267. The van der Waals surface area contributed by atoms with Gasteiger partial charge in [-0.25, -0.2) is 9.18 Å². The van der Waals surface area contributed by atoms with Crippen LogP contribution in [0.4, 0.5) is 9.18 Å². The Morgan fingerprint density at radius 3 is 2.58 bits per heavy atom. The van der Waals surface area contributed by atoms with Gasteiger partial charge in [-0.15, -0.1) is 0 Å². The molecule has 2 heterocycles. The summed E-state index contributed by atoms with van der Waals surface area (Å²) in [5.41, 5.74) is 4.16. The molecule has 0 radical (unpaired) electrons. The predicted molar refractivity (Wildman–Crippen MR) is 145 cm³/mol. The highest BCUT2D eigenvalue weighted by molar-refractivity contribution is 9.10. The third kappa shape index (κ3) is 5.85. The Bertz CT molecular complexity index is 1410. The zero-order chi connectivity index (χ0) is 26.6. The Kier molecular flexibility index (Phi) is 7.97. The van der Waals surface area contributed by atoms with E-state index in [-0.39, 0.29) is 18.4 Å². The molecule has 198 valence electrons. The second kappa shape index (κ2) is 11.6. The van der Waals surface area contributed by atoms with Crippen molar-refractivity contribution in [1.29, 1.82) is 0 Å². The van der Waals surface area contributed by atoms with Gasteiger partial charge in [0.05, 0.1) is 25.4 Å². The Labute approximate surface area is 227 Å². The number of nitrogens with one attached hydrogen (secondary N) is 1. The summed E-state index contributed by atoms with van der Waals surface area (Å²) >= 11 is 3.56. The first kappa shape index (κ1) is 26.2. The Morgan fingerprint density at radius 2 is 1.84 bits per heavy atom. The van der Waals surface area contributed by atoms with E-state index in [9.17, 15) is 14.3 Å². The molecule has 38 heavy (non-hydrogen) atoms. The van der Waals surface area contributed by atoms with Crippen LogP contribution in [0.2, 0.25) is 0 Å². The molecule has 0 aliphatic carbocycles. The minimum absolute atomic E-state index is 0.286. The van der Waals surface area contributed by atoms with Crippen molar-refractivity contribution in [2.24, 2.45) is 0 Å². The number of hydrogen-bond acceptors (Lipinski definition) is 5. The highest BCUT2D eigenvalue weighted by atomic mass is 79.9. The van der Waals surface area contributed by atoms with Crippen LogP contribution in [0.5, 0.6) is 11.5 Å². The number of carbonyl (C=O) groups is 1. The lowest BCUT2D eigenvalue weighted by molar-refractivity contribution is 0.0754. The van der Waals surface area contributed by atoms with Crippen molar-refractivity contribution in [2.75, 3.05) is 19.8 Å². The van der Waals surface area contributed by atoms with Crippen LogP contribution in [0.25, 0.3) is 10.9 Å². The van der Waals surface area contributed by atoms with Gasteiger partial charge < -0.3 is 24.7 Å². The van der Waals surface area contributed by atoms with E-state index >= 15 is 0 Å². The van der Waals surface area contributed by atoms with E-state index in [4.69, 9.17) is 14.6 Å². The van der Waals surface area contributed by atoms with E-state index in [1.807, 2.05) is 36.4 Å². The fourth-order valence-corrected chi connectivity index (χ4v) is 5.14. The lowest BCUT2D eigenvalue weighted by Crippen LogP contribution is -2.42. The summed E-state index contributed by atoms with van der Waals surface area (Å²) in [6.45, 7) is 0.475. The molecule has 9 heteroatoms. The summed E-state index contributed by atoms with van der Waals surface area (Å²) < 4.78 is 25.6. The van der Waals surface area contributed by atoms with E-state index in [2.05, 4.69) is 27.0 Å². The third-order valence-corrected chi connectivity index (χ3v) is 7.24. The van der Waals surface area contributed by atoms with E-state index in [1.165, 1.54) is 29.8 Å². The first-order chi connectivity index (χ1) is 18.4. The number of halogens is 2. The van der Waals surface area contributed by atoms with Crippen molar-refractivity contribution in [3.63, 3.8) is 0 Å². The van der Waals surface area contributed by atoms with Gasteiger partial charge in [-0.2, -0.15) is 0 Å². The zero-order valence-electron chi connectivity index (χ0n) is 20.6. The SMILES string of the molecule is O=C(Oc1ccc(F)cc1)N1CCc2c([nH]c3ccc(Br)cc23)C1Cc1ccc(OCC[C@H](O)CO)cc1. The number of aliphatic hydroxyl groups excluding tert-OH is 2. The van der Waals surface area contributed by atoms with Crippen molar-refractivity contribution in [2.45, 2.75) is 31.4 Å². The van der Waals surface area contributed by atoms with Crippen LogP contribution in [-0.2, 0) is 12.8 Å². The molecule has 0 fully saturated rings. The topological polar surface area (TPSA) is 95.0 Å². The zero-order valence-corrected chi connectivity index (χ0v) is 22.2. The van der Waals surface area contributed by atoms with Gasteiger partial charge in [0, 0.05) is 34.0 Å². The van der Waals surface area contributed by atoms with E-state index in [0.717, 1.165) is 26.6 Å². The number of aliphatic hydroxyl groups is 2. The average molecular weight is 583 g/mol. The lowest BCUT2D eigenvalue weighted by atomic mass is 9.93. The summed E-state index contributed by atoms with van der Waals surface area (Å²) in [5, 5.41) is 19.6. The van der Waals surface area contributed by atoms with Crippen LogP contribution in [-0.4, -0.2) is 52.1 Å². The average Bonchev–Trinajstić information content (AvgIpc) is 3.29. The van der Waals surface area contributed by atoms with Crippen LogP contribution in [0.15, 0.2) is 71.2 Å². The summed E-state index contributed by atoms with van der Waals surface area (Å²) in [6, 6.07) is 18.8. The highest BCUT2D eigenvalue weighted by Crippen LogP contribution is 2.38. The largest absolute Gasteiger partial charge is 0.493 e. The predicted octanol–water partition coefficient (Wildman–Crippen LogP) is 5.53. The molecule has 0 spiro atoms. The summed E-state index contributed by atoms with van der Waals surface area (Å²) in [4.78, 5) is 18.6. The second-order valence-electron chi connectivity index (χ2n) is 9.31. The first-order valence-electron chi connectivity index (χ1n) is 12.5. The standard InChI is InChI=1S/C29H28BrFN2O5/c30-19-3-10-26-25(16-19)24-11-13-33(29(36)38-23-8-4-20(31)5-9-23)27(28(24)32-26)15-18-1-6-22(7-2-18)37-14-12-21(35)17-34/h1-10,16,21,27,32,34-35H,11-15,17H2/t21-,27?/m0/s1. The van der Waals surface area contributed by atoms with Crippen molar-refractivity contribution < 1.29 is 28.9 Å². The van der Waals surface area contributed by atoms with E-state index in [1.54, 1.807) is 4.90 Å². The maximum atomic E-state index is 13.3. The van der Waals surface area contributed by atoms with Gasteiger partial charge in [-0.1, -0.05) is 28.1 Å². The van der Waals surface area contributed by atoms with Crippen molar-refractivity contribution in [1.82, 2.24) is 9.88 Å². The van der Waals surface area contributed by atoms with Crippen LogP contribution >= 0.6 is 15.9 Å². The third-order valence-electron chi connectivity index (χ3n) is 6.75. The Morgan fingerprint density at radius 1 is 1.11 bits per heavy atom. The number of rotatable bonds is 8. The normalized spacial score (nSPS) is 15.8. The number of hydrogen-bond donors (Lipinski definition) is 3. The Hall–Kier alpha value is -3.40. The molecular formula is C29H28BrFN2O5. The molecule has 1 aromatic heterocycles. The quantitative estimate of drug-likeness (QED) is 0.254. The summed E-state index contributed by atoms with van der Waals surface area (Å²) in [7, 11) is 0. The molecule has 0 saturated heterocycles. The van der Waals surface area contributed by atoms with Crippen LogP contribution < -0.4 is 9.47 Å². The van der Waals surface area contributed by atoms with Crippen molar-refractivity contribution in [3.05, 3.63) is 93.8 Å². The number of nitrogens with zero attached hydrogens (tertiary/aromatic N) is 1. The molecule has 1 aliphatic heterocycles. The molecule has 2 atom stereocenters. The fourth-order valence-electron chi connectivity index (χ4n) is 4.78. The molecule has 1 unspecified atom stereocenters. The molecule has 4 aromatic rings. The van der Waals surface area contributed by atoms with Gasteiger partial charge in [-0.3, -0.25) is 4.90 Å². The molecule has 1 amide bonds. The lowest BCUT2D eigenvalue weighted by Gasteiger charge is -2.35. The fraction of sp³-hybridized carbons (Fsp3) is 0.276. The molecule has 3 N–H and O–H groups in total. The van der Waals surface area contributed by atoms with Gasteiger partial charge in [-0.05, 0) is 78.6 Å². The minimum Gasteiger partial charge on any atom is -0.493 e. The van der Waals surface area contributed by atoms with Gasteiger partial charge in [0.1, 0.15) is 17.3 Å². The minimum atomic E-state index is -0.799. The van der Waals surface area contributed by atoms with E-state index in [0.29, 0.717) is 38.2 Å². The van der Waals surface area contributed by atoms with Crippen LogP contribution in [0.3, 0.4) is 0 Å². The van der Waals surface area contributed by atoms with Gasteiger partial charge in [0.15, 0.2) is 0 Å². The molecule has 0 bridgehead atoms. The number of aromatic nitrogens is 1. The molecule has 5 rings (SSSR count). The molecule has 1 aliphatic rings. The number of ether oxygens (including phenoxy) is 2. The van der Waals surface area contributed by atoms with E-state index < -0.39 is 18.0 Å². The second-order valence-corrected chi connectivity index (χ2v) is 10.2. The number of aromatic amines is 1. The number of carbonyl (C=O) groups excluding carboxylic acids is 1. The van der Waals surface area contributed by atoms with Gasteiger partial charge in [0.25, 0.3) is 0 Å². The number of benzene rings is 3. The molecule has 3 aromatic carbocycles. The highest BCUT2D eigenvalue weighted by Gasteiger charge is 2.34. The van der Waals surface area contributed by atoms with Crippen LogP contribution in [0.1, 0.15) is 29.3 Å². The number of amides is 1. The van der Waals surface area contributed by atoms with Crippen molar-refractivity contribution in [3.8, 4) is 11.5 Å². The van der Waals surface area contributed by atoms with Gasteiger partial charge >= 0.3 is 6.09 Å². The maximum Gasteiger partial charge on any atom is 0.415 e. The molecule has 7 nitrogen and oxygen atoms in total. The summed E-state index contributed by atoms with van der Waals surface area (Å²) in [5.74, 6) is 0.548. The maximum absolute atomic E-state index is 13.3. The first-order valence-corrected chi connectivity index (χ1v) is 13.2. The monoisotopic (exact) mass is 582 g/mol. The van der Waals surface area contributed by atoms with Crippen LogP contribution in [0, 0.1) is 5.82 Å². The smallest absolute Gasteiger partial charge is 0.415 e. The number of H-pyrrole nitrogens is 1. The number of fused-ring (bicyclic) bond motifs is 3. The molecule has 0 saturated carbocycles. The molecular weight excluding hydrogens is 555 g/mol. The Balaban J connectivity index is 1.40.